The molecule has 0 saturated heterocycles. The number of nitriles is 1. The van der Waals surface area contributed by atoms with E-state index >= 15 is 0 Å². The molecule has 0 radical (unpaired) electrons. The molecule has 5 rings (SSSR count). The number of aryl methyl sites for hydroxylation is 2. The molecule has 0 bridgehead atoms. The topological polar surface area (TPSA) is 130 Å². The van der Waals surface area contributed by atoms with Gasteiger partial charge in [-0.25, -0.2) is 9.97 Å². The standard InChI is InChI=1S/C32H28N6O3S/c1-17(2)29(39)35-25-8-7-21(12-18(25)3)26-9-10-27-31(36-26)42-32(37-27)38-30(40)24-16-34-19(4)13-22(24)23-14-20(15-33)6-11-28(23)41-5/h6-14,16-17H,1-5H3,(H,35,39)(H,37,38,40). The van der Waals surface area contributed by atoms with E-state index < -0.39 is 5.91 Å². The lowest BCUT2D eigenvalue weighted by atomic mass is 9.97. The normalized spacial score (nSPS) is 10.9. The predicted molar refractivity (Wildman–Crippen MR) is 165 cm³/mol. The van der Waals surface area contributed by atoms with Crippen molar-refractivity contribution in [2.24, 2.45) is 5.92 Å². The molecule has 210 valence electrons. The molecule has 9 nitrogen and oxygen atoms in total. The molecule has 0 spiro atoms. The highest BCUT2D eigenvalue weighted by molar-refractivity contribution is 7.22. The van der Waals surface area contributed by atoms with E-state index in [-0.39, 0.29) is 11.8 Å². The first-order valence-corrected chi connectivity index (χ1v) is 14.0. The van der Waals surface area contributed by atoms with Crippen molar-refractivity contribution in [3.63, 3.8) is 0 Å². The number of methoxy groups -OCH3 is 1. The SMILES string of the molecule is COc1ccc(C#N)cc1-c1cc(C)ncc1C(=O)Nc1nc2ccc(-c3ccc(NC(=O)C(C)C)c(C)c3)nc2s1. The maximum Gasteiger partial charge on any atom is 0.259 e. The smallest absolute Gasteiger partial charge is 0.259 e. The van der Waals surface area contributed by atoms with Crippen molar-refractivity contribution in [3.8, 4) is 34.2 Å². The van der Waals surface area contributed by atoms with Gasteiger partial charge in [0, 0.05) is 40.2 Å². The minimum atomic E-state index is -0.393. The number of carbonyl (C=O) groups excluding carboxylic acids is 2. The van der Waals surface area contributed by atoms with Gasteiger partial charge in [-0.1, -0.05) is 31.3 Å². The number of pyridine rings is 2. The highest BCUT2D eigenvalue weighted by Gasteiger charge is 2.20. The Bertz CT molecular complexity index is 1890. The zero-order chi connectivity index (χ0) is 30.0. The van der Waals surface area contributed by atoms with Crippen LogP contribution in [0.3, 0.4) is 0 Å². The van der Waals surface area contributed by atoms with Gasteiger partial charge in [0.15, 0.2) is 5.13 Å². The molecular weight excluding hydrogens is 548 g/mol. The average molecular weight is 577 g/mol. The summed E-state index contributed by atoms with van der Waals surface area (Å²) in [7, 11) is 1.54. The van der Waals surface area contributed by atoms with Crippen LogP contribution in [0.25, 0.3) is 32.7 Å². The van der Waals surface area contributed by atoms with Crippen LogP contribution in [-0.4, -0.2) is 33.9 Å². The maximum atomic E-state index is 13.5. The Hall–Kier alpha value is -5.14. The second kappa shape index (κ2) is 11.8. The van der Waals surface area contributed by atoms with Gasteiger partial charge >= 0.3 is 0 Å². The number of nitrogens with one attached hydrogen (secondary N) is 2. The zero-order valence-corrected chi connectivity index (χ0v) is 24.6. The van der Waals surface area contributed by atoms with Crippen molar-refractivity contribution in [2.45, 2.75) is 27.7 Å². The number of carbonyl (C=O) groups is 2. The van der Waals surface area contributed by atoms with Gasteiger partial charge in [0.2, 0.25) is 5.91 Å². The summed E-state index contributed by atoms with van der Waals surface area (Å²) in [5, 5.41) is 15.7. The van der Waals surface area contributed by atoms with Crippen molar-refractivity contribution in [3.05, 3.63) is 83.2 Å². The largest absolute Gasteiger partial charge is 0.496 e. The van der Waals surface area contributed by atoms with E-state index in [9.17, 15) is 14.9 Å². The molecule has 0 aliphatic rings. The summed E-state index contributed by atoms with van der Waals surface area (Å²) in [6.07, 6.45) is 1.51. The minimum absolute atomic E-state index is 0.0343. The van der Waals surface area contributed by atoms with Crippen LogP contribution in [0.5, 0.6) is 5.75 Å². The van der Waals surface area contributed by atoms with E-state index in [1.165, 1.54) is 17.5 Å². The first-order chi connectivity index (χ1) is 20.2. The monoisotopic (exact) mass is 576 g/mol. The zero-order valence-electron chi connectivity index (χ0n) is 23.8. The summed E-state index contributed by atoms with van der Waals surface area (Å²) in [6.45, 7) is 7.48. The van der Waals surface area contributed by atoms with Crippen LogP contribution >= 0.6 is 11.3 Å². The number of benzene rings is 2. The Kier molecular flexibility index (Phi) is 7.95. The lowest BCUT2D eigenvalue weighted by Crippen LogP contribution is -2.18. The minimum Gasteiger partial charge on any atom is -0.496 e. The summed E-state index contributed by atoms with van der Waals surface area (Å²) in [6, 6.07) is 18.5. The van der Waals surface area contributed by atoms with Crippen molar-refractivity contribution >= 4 is 44.3 Å². The second-order valence-electron chi connectivity index (χ2n) is 10.1. The third-order valence-electron chi connectivity index (χ3n) is 6.68. The van der Waals surface area contributed by atoms with Crippen LogP contribution < -0.4 is 15.4 Å². The number of ether oxygens (including phenoxy) is 1. The third-order valence-corrected chi connectivity index (χ3v) is 7.56. The summed E-state index contributed by atoms with van der Waals surface area (Å²) >= 11 is 1.27. The molecule has 3 heterocycles. The number of aromatic nitrogens is 3. The maximum absolute atomic E-state index is 13.5. The third kappa shape index (κ3) is 5.82. The van der Waals surface area contributed by atoms with Gasteiger partial charge in [-0.2, -0.15) is 5.26 Å². The van der Waals surface area contributed by atoms with Crippen LogP contribution in [0.4, 0.5) is 10.8 Å². The number of thiazole rings is 1. The summed E-state index contributed by atoms with van der Waals surface area (Å²) in [5.41, 5.74) is 6.71. The van der Waals surface area contributed by atoms with Crippen molar-refractivity contribution in [1.82, 2.24) is 15.0 Å². The number of hydrogen-bond donors (Lipinski definition) is 2. The van der Waals surface area contributed by atoms with E-state index in [4.69, 9.17) is 9.72 Å². The number of rotatable bonds is 7. The van der Waals surface area contributed by atoms with E-state index in [0.717, 1.165) is 22.5 Å². The molecule has 10 heteroatoms. The number of amides is 2. The molecule has 3 aromatic heterocycles. The van der Waals surface area contributed by atoms with Crippen molar-refractivity contribution < 1.29 is 14.3 Å². The molecule has 2 aromatic carbocycles. The van der Waals surface area contributed by atoms with Crippen molar-refractivity contribution in [2.75, 3.05) is 17.7 Å². The van der Waals surface area contributed by atoms with Gasteiger partial charge in [0.1, 0.15) is 16.1 Å². The van der Waals surface area contributed by atoms with E-state index in [0.29, 0.717) is 49.2 Å². The molecule has 42 heavy (non-hydrogen) atoms. The average Bonchev–Trinajstić information content (AvgIpc) is 3.39. The Labute approximate surface area is 247 Å². The van der Waals surface area contributed by atoms with Gasteiger partial charge in [-0.05, 0) is 67.9 Å². The van der Waals surface area contributed by atoms with Gasteiger partial charge in [-0.15, -0.1) is 0 Å². The lowest BCUT2D eigenvalue weighted by molar-refractivity contribution is -0.118. The molecule has 2 N–H and O–H groups in total. The number of fused-ring (bicyclic) bond motifs is 1. The molecular formula is C32H28N6O3S. The number of nitrogens with zero attached hydrogens (tertiary/aromatic N) is 4. The fourth-order valence-corrected chi connectivity index (χ4v) is 5.22. The number of hydrogen-bond acceptors (Lipinski definition) is 8. The lowest BCUT2D eigenvalue weighted by Gasteiger charge is -2.13. The van der Waals surface area contributed by atoms with Crippen LogP contribution in [0.15, 0.2) is 60.8 Å². The molecule has 0 aliphatic heterocycles. The van der Waals surface area contributed by atoms with E-state index in [1.54, 1.807) is 31.4 Å². The Morgan fingerprint density at radius 2 is 1.79 bits per heavy atom. The summed E-state index contributed by atoms with van der Waals surface area (Å²) < 4.78 is 5.52. The van der Waals surface area contributed by atoms with E-state index in [1.807, 2.05) is 58.0 Å². The highest BCUT2D eigenvalue weighted by Crippen LogP contribution is 2.35. The first kappa shape index (κ1) is 28.4. The molecule has 0 saturated carbocycles. The Morgan fingerprint density at radius 3 is 2.50 bits per heavy atom. The first-order valence-electron chi connectivity index (χ1n) is 13.2. The Morgan fingerprint density at radius 1 is 0.976 bits per heavy atom. The Balaban J connectivity index is 1.42. The van der Waals surface area contributed by atoms with Gasteiger partial charge in [0.05, 0.1) is 30.0 Å². The molecule has 0 atom stereocenters. The van der Waals surface area contributed by atoms with Gasteiger partial charge in [-0.3, -0.25) is 19.9 Å². The fraction of sp³-hybridized carbons (Fsp3) is 0.188. The van der Waals surface area contributed by atoms with Crippen LogP contribution in [0.2, 0.25) is 0 Å². The van der Waals surface area contributed by atoms with Crippen LogP contribution in [0.1, 0.15) is 41.0 Å². The summed E-state index contributed by atoms with van der Waals surface area (Å²) in [5.74, 6) is 0.000366. The molecule has 0 unspecified atom stereocenters. The number of anilines is 2. The fourth-order valence-electron chi connectivity index (χ4n) is 4.39. The second-order valence-corrected chi connectivity index (χ2v) is 11.0. The van der Waals surface area contributed by atoms with Gasteiger partial charge < -0.3 is 10.1 Å². The van der Waals surface area contributed by atoms with Gasteiger partial charge in [0.25, 0.3) is 5.91 Å². The quantitative estimate of drug-likeness (QED) is 0.219. The molecule has 5 aromatic rings. The molecule has 2 amide bonds. The van der Waals surface area contributed by atoms with Crippen molar-refractivity contribution in [1.29, 1.82) is 5.26 Å². The highest BCUT2D eigenvalue weighted by atomic mass is 32.1. The molecule has 0 fully saturated rings. The van der Waals surface area contributed by atoms with E-state index in [2.05, 4.69) is 26.7 Å². The predicted octanol–water partition coefficient (Wildman–Crippen LogP) is 6.76. The summed E-state index contributed by atoms with van der Waals surface area (Å²) in [4.78, 5) is 39.9. The van der Waals surface area contributed by atoms with Crippen LogP contribution in [-0.2, 0) is 4.79 Å². The molecule has 0 aliphatic carbocycles. The van der Waals surface area contributed by atoms with Crippen LogP contribution in [0, 0.1) is 31.1 Å².